The molecule has 0 aromatic carbocycles. The predicted molar refractivity (Wildman–Crippen MR) is 56.4 cm³/mol. The maximum atomic E-state index is 9.71. The van der Waals surface area contributed by atoms with Crippen LogP contribution in [0.4, 0.5) is 0 Å². The topological polar surface area (TPSA) is 114 Å². The van der Waals surface area contributed by atoms with Crippen molar-refractivity contribution in [1.29, 1.82) is 5.41 Å². The first-order valence-corrected chi connectivity index (χ1v) is 5.75. The Morgan fingerprint density at radius 1 is 1.50 bits per heavy atom. The number of aromatic nitrogens is 2. The molecule has 16 heavy (non-hydrogen) atoms. The Kier molecular flexibility index (Phi) is 3.24. The predicted octanol–water partition coefficient (Wildman–Crippen LogP) is -1.30. The molecule has 1 fully saturated rings. The summed E-state index contributed by atoms with van der Waals surface area (Å²) >= 11 is 5.88. The van der Waals surface area contributed by atoms with Gasteiger partial charge in [-0.1, -0.05) is 11.3 Å². The highest BCUT2D eigenvalue weighted by Gasteiger charge is 2.43. The molecule has 0 radical (unpaired) electrons. The smallest absolute Gasteiger partial charge is 0.201 e. The zero-order valence-electron chi connectivity index (χ0n) is 8.03. The first kappa shape index (κ1) is 11.9. The van der Waals surface area contributed by atoms with Crippen LogP contribution in [0.15, 0.2) is 0 Å². The lowest BCUT2D eigenvalue weighted by Crippen LogP contribution is -2.34. The van der Waals surface area contributed by atoms with E-state index < -0.39 is 31.1 Å². The van der Waals surface area contributed by atoms with E-state index in [-0.39, 0.29) is 4.80 Å². The summed E-state index contributed by atoms with van der Waals surface area (Å²) in [6.45, 7) is -0.395. The Morgan fingerprint density at radius 2 is 2.19 bits per heavy atom. The van der Waals surface area contributed by atoms with Gasteiger partial charge in [-0.2, -0.15) is 0 Å². The Morgan fingerprint density at radius 3 is 2.62 bits per heavy atom. The van der Waals surface area contributed by atoms with Crippen LogP contribution in [0.2, 0.25) is 0 Å². The van der Waals surface area contributed by atoms with Gasteiger partial charge in [-0.25, -0.2) is 4.68 Å². The summed E-state index contributed by atoms with van der Waals surface area (Å²) in [4.78, 5) is 0.0832. The van der Waals surface area contributed by atoms with Crippen LogP contribution in [-0.4, -0.2) is 50.0 Å². The van der Waals surface area contributed by atoms with Crippen LogP contribution in [0.1, 0.15) is 6.23 Å². The molecule has 5 N–H and O–H groups in total. The van der Waals surface area contributed by atoms with Crippen molar-refractivity contribution in [3.05, 3.63) is 8.76 Å². The fourth-order valence-electron chi connectivity index (χ4n) is 1.58. The van der Waals surface area contributed by atoms with Crippen LogP contribution < -0.4 is 4.80 Å². The van der Waals surface area contributed by atoms with Crippen LogP contribution in [0.25, 0.3) is 0 Å². The highest BCUT2D eigenvalue weighted by Crippen LogP contribution is 2.27. The van der Waals surface area contributed by atoms with Gasteiger partial charge in [-0.05, 0) is 12.2 Å². The fraction of sp³-hybridized carbons (Fsp3) is 0.714. The van der Waals surface area contributed by atoms with Crippen molar-refractivity contribution < 1.29 is 20.1 Å². The minimum atomic E-state index is -1.20. The van der Waals surface area contributed by atoms with Gasteiger partial charge in [-0.15, -0.1) is 0 Å². The van der Waals surface area contributed by atoms with E-state index in [0.717, 1.165) is 11.3 Å². The molecule has 1 saturated heterocycles. The average Bonchev–Trinajstić information content (AvgIpc) is 2.70. The lowest BCUT2D eigenvalue weighted by molar-refractivity contribution is -0.0605. The molecule has 0 bridgehead atoms. The third kappa shape index (κ3) is 1.85. The van der Waals surface area contributed by atoms with Crippen molar-refractivity contribution in [3.63, 3.8) is 0 Å². The number of rotatable bonds is 2. The minimum Gasteiger partial charge on any atom is -0.394 e. The summed E-state index contributed by atoms with van der Waals surface area (Å²) < 4.78 is 6.85. The third-order valence-electron chi connectivity index (χ3n) is 2.39. The van der Waals surface area contributed by atoms with Crippen LogP contribution in [0, 0.1) is 9.36 Å². The number of H-pyrrole nitrogens is 1. The molecular formula is C7H11N3O4S2. The number of aliphatic hydroxyl groups is 3. The lowest BCUT2D eigenvalue weighted by atomic mass is 10.1. The number of nitrogens with one attached hydrogen (secondary N) is 2. The van der Waals surface area contributed by atoms with Gasteiger partial charge in [0.2, 0.25) is 4.80 Å². The van der Waals surface area contributed by atoms with E-state index in [0.29, 0.717) is 3.95 Å². The fourth-order valence-corrected chi connectivity index (χ4v) is 2.48. The van der Waals surface area contributed by atoms with E-state index in [9.17, 15) is 10.2 Å². The molecule has 90 valence electrons. The van der Waals surface area contributed by atoms with Gasteiger partial charge in [0.25, 0.3) is 0 Å². The monoisotopic (exact) mass is 265 g/mol. The lowest BCUT2D eigenvalue weighted by Gasteiger charge is -2.14. The Bertz CT molecular complexity index is 480. The molecule has 9 heteroatoms. The first-order valence-electron chi connectivity index (χ1n) is 4.53. The van der Waals surface area contributed by atoms with E-state index in [4.69, 9.17) is 27.5 Å². The molecule has 1 aromatic rings. The number of ether oxygens (including phenoxy) is 1. The van der Waals surface area contributed by atoms with Crippen LogP contribution >= 0.6 is 23.6 Å². The molecule has 1 aliphatic rings. The van der Waals surface area contributed by atoms with Gasteiger partial charge in [-0.3, -0.25) is 10.5 Å². The van der Waals surface area contributed by atoms with Gasteiger partial charge in [0, 0.05) is 0 Å². The molecule has 0 saturated carbocycles. The number of hydrogen-bond donors (Lipinski definition) is 5. The van der Waals surface area contributed by atoms with Crippen LogP contribution in [-0.2, 0) is 4.74 Å². The molecule has 1 aliphatic heterocycles. The Balaban J connectivity index is 2.33. The van der Waals surface area contributed by atoms with Gasteiger partial charge < -0.3 is 20.1 Å². The van der Waals surface area contributed by atoms with Crippen molar-refractivity contribution in [1.82, 2.24) is 9.78 Å². The zero-order chi connectivity index (χ0) is 11.9. The van der Waals surface area contributed by atoms with E-state index in [2.05, 4.69) is 5.10 Å². The summed E-state index contributed by atoms with van der Waals surface area (Å²) in [5.74, 6) is 0. The number of aromatic amines is 1. The molecule has 4 atom stereocenters. The molecule has 2 rings (SSSR count). The average molecular weight is 265 g/mol. The van der Waals surface area contributed by atoms with E-state index >= 15 is 0 Å². The summed E-state index contributed by atoms with van der Waals surface area (Å²) in [6, 6.07) is 0. The highest BCUT2D eigenvalue weighted by atomic mass is 32.1. The summed E-state index contributed by atoms with van der Waals surface area (Å²) in [7, 11) is 0. The van der Waals surface area contributed by atoms with E-state index in [1.54, 1.807) is 0 Å². The van der Waals surface area contributed by atoms with Crippen molar-refractivity contribution >= 4 is 23.6 Å². The van der Waals surface area contributed by atoms with Crippen molar-refractivity contribution in [2.45, 2.75) is 24.5 Å². The first-order chi connectivity index (χ1) is 7.54. The number of hydrogen-bond acceptors (Lipinski definition) is 7. The standard InChI is InChI=1S/C7H11N3O4S2/c8-6-10(9-7(15)16-6)5-4(13)3(12)2(1-11)14-5/h2-5,8,11-13H,1H2,(H,9,15)/t2-,3-,4-,5-/m1/s1. The minimum absolute atomic E-state index is 0.0832. The third-order valence-corrected chi connectivity index (χ3v) is 3.40. The maximum Gasteiger partial charge on any atom is 0.201 e. The van der Waals surface area contributed by atoms with Crippen molar-refractivity contribution in [2.24, 2.45) is 0 Å². The molecule has 0 unspecified atom stereocenters. The SMILES string of the molecule is N=c1sc(=S)[nH]n1[C@@H]1O[C@H](CO)[C@@H](O)[C@H]1O. The Hall–Kier alpha value is -0.580. The van der Waals surface area contributed by atoms with Gasteiger partial charge in [0.05, 0.1) is 6.61 Å². The van der Waals surface area contributed by atoms with Gasteiger partial charge in [0.1, 0.15) is 18.3 Å². The zero-order valence-corrected chi connectivity index (χ0v) is 9.66. The molecule has 0 amide bonds. The largest absolute Gasteiger partial charge is 0.394 e. The second kappa shape index (κ2) is 4.35. The van der Waals surface area contributed by atoms with Crippen molar-refractivity contribution in [3.8, 4) is 0 Å². The van der Waals surface area contributed by atoms with Crippen LogP contribution in [0.3, 0.4) is 0 Å². The number of nitrogens with zero attached hydrogens (tertiary/aromatic N) is 1. The molecule has 1 aromatic heterocycles. The second-order valence-corrected chi connectivity index (χ2v) is 5.07. The normalized spacial score (nSPS) is 34.4. The van der Waals surface area contributed by atoms with Crippen molar-refractivity contribution in [2.75, 3.05) is 6.61 Å². The van der Waals surface area contributed by atoms with Crippen LogP contribution in [0.5, 0.6) is 0 Å². The maximum absolute atomic E-state index is 9.71. The molecule has 0 aliphatic carbocycles. The summed E-state index contributed by atoms with van der Waals surface area (Å²) in [5, 5.41) is 38.4. The molecule has 0 spiro atoms. The summed E-state index contributed by atoms with van der Waals surface area (Å²) in [5.41, 5.74) is 0. The van der Waals surface area contributed by atoms with E-state index in [1.165, 1.54) is 4.68 Å². The quantitative estimate of drug-likeness (QED) is 0.426. The number of aliphatic hydroxyl groups excluding tert-OH is 3. The summed E-state index contributed by atoms with van der Waals surface area (Å²) in [6.07, 6.45) is -4.16. The second-order valence-electron chi connectivity index (χ2n) is 3.41. The van der Waals surface area contributed by atoms with E-state index in [1.807, 2.05) is 0 Å². The molecule has 2 heterocycles. The Labute approximate surface area is 99.0 Å². The highest BCUT2D eigenvalue weighted by molar-refractivity contribution is 7.73. The molecular weight excluding hydrogens is 254 g/mol. The molecule has 7 nitrogen and oxygen atoms in total. The van der Waals surface area contributed by atoms with Gasteiger partial charge in [0.15, 0.2) is 10.2 Å². The van der Waals surface area contributed by atoms with Gasteiger partial charge >= 0.3 is 0 Å².